The van der Waals surface area contributed by atoms with E-state index in [4.69, 9.17) is 0 Å². The smallest absolute Gasteiger partial charge is 0.0948 e. The number of thiophene rings is 1. The van der Waals surface area contributed by atoms with Crippen molar-refractivity contribution in [3.05, 3.63) is 95.6 Å². The van der Waals surface area contributed by atoms with Gasteiger partial charge >= 0.3 is 0 Å². The summed E-state index contributed by atoms with van der Waals surface area (Å²) in [6.07, 6.45) is 7.51. The lowest BCUT2D eigenvalue weighted by Crippen LogP contribution is -2.06. The van der Waals surface area contributed by atoms with E-state index in [1.165, 1.54) is 26.8 Å². The highest BCUT2D eigenvalue weighted by Crippen LogP contribution is 2.27. The lowest BCUT2D eigenvalue weighted by atomic mass is 9.95. The predicted octanol–water partition coefficient (Wildman–Crippen LogP) is 5.31. The van der Waals surface area contributed by atoms with Crippen molar-refractivity contribution in [3.8, 4) is 0 Å². The van der Waals surface area contributed by atoms with E-state index in [1.807, 2.05) is 23.9 Å². The predicted molar refractivity (Wildman–Crippen MR) is 101 cm³/mol. The Morgan fingerprint density at radius 3 is 2.83 bits per heavy atom. The molecule has 2 nitrogen and oxygen atoms in total. The van der Waals surface area contributed by atoms with Gasteiger partial charge in [0.25, 0.3) is 0 Å². The number of hydrogen-bond acceptors (Lipinski definition) is 2. The number of rotatable bonds is 5. The van der Waals surface area contributed by atoms with Crippen molar-refractivity contribution in [1.82, 2.24) is 9.55 Å². The fourth-order valence-electron chi connectivity index (χ4n) is 3.19. The molecular formula is C21H19N2S. The van der Waals surface area contributed by atoms with E-state index in [-0.39, 0.29) is 6.04 Å². The Morgan fingerprint density at radius 2 is 2.04 bits per heavy atom. The summed E-state index contributed by atoms with van der Waals surface area (Å²) >= 11 is 1.82. The summed E-state index contributed by atoms with van der Waals surface area (Å²) in [5.41, 5.74) is 2.72. The Morgan fingerprint density at radius 1 is 1.12 bits per heavy atom. The molecule has 2 aromatic carbocycles. The second-order valence-electron chi connectivity index (χ2n) is 6.10. The number of nitrogens with zero attached hydrogens (tertiary/aromatic N) is 2. The summed E-state index contributed by atoms with van der Waals surface area (Å²) < 4.78 is 2.06. The van der Waals surface area contributed by atoms with E-state index in [0.29, 0.717) is 0 Å². The van der Waals surface area contributed by atoms with Crippen LogP contribution < -0.4 is 0 Å². The van der Waals surface area contributed by atoms with Crippen LogP contribution in [0.2, 0.25) is 0 Å². The molecule has 4 rings (SSSR count). The second-order valence-corrected chi connectivity index (χ2v) is 7.13. The molecule has 0 fully saturated rings. The number of imidazole rings is 1. The van der Waals surface area contributed by atoms with Gasteiger partial charge in [-0.15, -0.1) is 11.3 Å². The second kappa shape index (κ2) is 6.62. The first-order valence-corrected chi connectivity index (χ1v) is 9.01. The van der Waals surface area contributed by atoms with Gasteiger partial charge in [-0.3, -0.25) is 0 Å². The zero-order valence-electron chi connectivity index (χ0n) is 13.4. The largest absolute Gasteiger partial charge is 0.334 e. The molecule has 0 aliphatic heterocycles. The van der Waals surface area contributed by atoms with Crippen LogP contribution in [0.5, 0.6) is 0 Å². The minimum absolute atomic E-state index is 0.156. The highest BCUT2D eigenvalue weighted by molar-refractivity contribution is 7.09. The van der Waals surface area contributed by atoms with Gasteiger partial charge < -0.3 is 4.57 Å². The molecule has 1 unspecified atom stereocenters. The van der Waals surface area contributed by atoms with Crippen molar-refractivity contribution in [2.45, 2.75) is 18.9 Å². The Bertz CT molecular complexity index is 924. The third-order valence-electron chi connectivity index (χ3n) is 4.37. The van der Waals surface area contributed by atoms with Crippen LogP contribution in [0.4, 0.5) is 0 Å². The van der Waals surface area contributed by atoms with Gasteiger partial charge in [-0.05, 0) is 46.7 Å². The van der Waals surface area contributed by atoms with Gasteiger partial charge in [0, 0.05) is 29.7 Å². The number of benzene rings is 2. The molecule has 0 bridgehead atoms. The van der Waals surface area contributed by atoms with Crippen LogP contribution in [0.3, 0.4) is 0 Å². The minimum atomic E-state index is 0.156. The maximum atomic E-state index is 4.29. The van der Waals surface area contributed by atoms with Gasteiger partial charge in [0.2, 0.25) is 0 Å². The summed E-state index contributed by atoms with van der Waals surface area (Å²) in [6, 6.07) is 17.8. The van der Waals surface area contributed by atoms with Crippen LogP contribution in [0.25, 0.3) is 10.8 Å². The van der Waals surface area contributed by atoms with Gasteiger partial charge in [0.05, 0.1) is 6.33 Å². The lowest BCUT2D eigenvalue weighted by molar-refractivity contribution is 0.596. The summed E-state index contributed by atoms with van der Waals surface area (Å²) in [5, 5.41) is 4.80. The quantitative estimate of drug-likeness (QED) is 0.485. The molecular weight excluding hydrogens is 312 g/mol. The van der Waals surface area contributed by atoms with Gasteiger partial charge in [-0.25, -0.2) is 4.98 Å². The van der Waals surface area contributed by atoms with E-state index in [2.05, 4.69) is 70.4 Å². The summed E-state index contributed by atoms with van der Waals surface area (Å²) in [5.74, 6) is 0. The number of fused-ring (bicyclic) bond motifs is 1. The maximum absolute atomic E-state index is 4.29. The molecule has 2 heterocycles. The minimum Gasteiger partial charge on any atom is -0.334 e. The van der Waals surface area contributed by atoms with Crippen LogP contribution in [0.15, 0.2) is 72.6 Å². The summed E-state index contributed by atoms with van der Waals surface area (Å²) in [4.78, 5) is 5.53. The molecule has 3 heteroatoms. The van der Waals surface area contributed by atoms with Crippen LogP contribution in [0.1, 0.15) is 22.0 Å². The maximum Gasteiger partial charge on any atom is 0.0948 e. The Balaban J connectivity index is 1.71. The van der Waals surface area contributed by atoms with E-state index < -0.39 is 0 Å². The average molecular weight is 331 g/mol. The molecule has 4 aromatic rings. The molecule has 1 radical (unpaired) electrons. The SMILES string of the molecule is [CH2]C(Cc1cc(Cc2cccs2)c2ccccc2c1)n1ccnc1. The van der Waals surface area contributed by atoms with E-state index in [1.54, 1.807) is 6.20 Å². The fourth-order valence-corrected chi connectivity index (χ4v) is 3.91. The topological polar surface area (TPSA) is 17.8 Å². The summed E-state index contributed by atoms with van der Waals surface area (Å²) in [7, 11) is 0. The monoisotopic (exact) mass is 331 g/mol. The van der Waals surface area contributed by atoms with E-state index in [0.717, 1.165) is 12.8 Å². The van der Waals surface area contributed by atoms with Crippen LogP contribution in [-0.2, 0) is 12.8 Å². The Hall–Kier alpha value is -2.39. The molecule has 0 N–H and O–H groups in total. The highest BCUT2D eigenvalue weighted by Gasteiger charge is 2.10. The Kier molecular flexibility index (Phi) is 4.18. The highest BCUT2D eigenvalue weighted by atomic mass is 32.1. The van der Waals surface area contributed by atoms with Crippen molar-refractivity contribution in [2.24, 2.45) is 0 Å². The molecule has 0 spiro atoms. The average Bonchev–Trinajstić information content (AvgIpc) is 3.28. The first kappa shape index (κ1) is 15.2. The fraction of sp³-hybridized carbons (Fsp3) is 0.143. The number of aromatic nitrogens is 2. The van der Waals surface area contributed by atoms with Gasteiger partial charge in [-0.1, -0.05) is 42.5 Å². The van der Waals surface area contributed by atoms with Gasteiger partial charge in [-0.2, -0.15) is 0 Å². The normalized spacial score (nSPS) is 12.5. The van der Waals surface area contributed by atoms with Crippen LogP contribution in [0, 0.1) is 6.92 Å². The molecule has 0 saturated heterocycles. The lowest BCUT2D eigenvalue weighted by Gasteiger charge is -2.15. The Labute approximate surface area is 146 Å². The van der Waals surface area contributed by atoms with Crippen molar-refractivity contribution in [1.29, 1.82) is 0 Å². The molecule has 0 aliphatic rings. The third-order valence-corrected chi connectivity index (χ3v) is 5.25. The van der Waals surface area contributed by atoms with Gasteiger partial charge in [0.15, 0.2) is 0 Å². The molecule has 0 aliphatic carbocycles. The van der Waals surface area contributed by atoms with Crippen molar-refractivity contribution in [2.75, 3.05) is 0 Å². The van der Waals surface area contributed by atoms with Crippen molar-refractivity contribution < 1.29 is 0 Å². The van der Waals surface area contributed by atoms with E-state index >= 15 is 0 Å². The third kappa shape index (κ3) is 3.13. The molecule has 0 amide bonds. The van der Waals surface area contributed by atoms with Crippen LogP contribution in [-0.4, -0.2) is 9.55 Å². The molecule has 119 valence electrons. The number of hydrogen-bond donors (Lipinski definition) is 0. The molecule has 1 atom stereocenters. The zero-order valence-corrected chi connectivity index (χ0v) is 14.2. The van der Waals surface area contributed by atoms with Crippen molar-refractivity contribution >= 4 is 22.1 Å². The first-order chi connectivity index (χ1) is 11.8. The standard InChI is InChI=1S/C21H19N2S/c1-16(23-9-8-22-15-23)11-17-12-18-5-2-3-7-21(18)19(13-17)14-20-6-4-10-24-20/h2-10,12-13,15-16H,1,11,14H2. The molecule has 24 heavy (non-hydrogen) atoms. The van der Waals surface area contributed by atoms with E-state index in [9.17, 15) is 0 Å². The molecule has 0 saturated carbocycles. The zero-order chi connectivity index (χ0) is 16.4. The first-order valence-electron chi connectivity index (χ1n) is 8.13. The molecule has 2 aromatic heterocycles. The summed E-state index contributed by atoms with van der Waals surface area (Å²) in [6.45, 7) is 4.29. The van der Waals surface area contributed by atoms with Crippen LogP contribution >= 0.6 is 11.3 Å². The van der Waals surface area contributed by atoms with Crippen molar-refractivity contribution in [3.63, 3.8) is 0 Å². The van der Waals surface area contributed by atoms with Gasteiger partial charge in [0.1, 0.15) is 0 Å².